The summed E-state index contributed by atoms with van der Waals surface area (Å²) in [5, 5.41) is 12.9. The topological polar surface area (TPSA) is 77.6 Å². The molecule has 3 heterocycles. The number of aryl methyl sites for hydroxylation is 2. The summed E-state index contributed by atoms with van der Waals surface area (Å²) in [5.74, 6) is 0.458. The smallest absolute Gasteiger partial charge is 0.257 e. The fourth-order valence-corrected chi connectivity index (χ4v) is 3.87. The Balaban J connectivity index is 1.87. The molecule has 7 nitrogen and oxygen atoms in total. The van der Waals surface area contributed by atoms with Crippen LogP contribution < -0.4 is 5.32 Å². The van der Waals surface area contributed by atoms with Crippen molar-refractivity contribution in [3.05, 3.63) is 59.4 Å². The van der Waals surface area contributed by atoms with Gasteiger partial charge in [-0.3, -0.25) is 4.79 Å². The second kappa shape index (κ2) is 7.89. The fraction of sp³-hybridized carbons (Fsp3) is 0.360. The Morgan fingerprint density at radius 2 is 1.81 bits per heavy atom. The molecular formula is C25H30N6O. The van der Waals surface area contributed by atoms with E-state index in [1.807, 2.05) is 59.6 Å². The Hall–Kier alpha value is -3.48. The first-order valence-corrected chi connectivity index (χ1v) is 10.9. The summed E-state index contributed by atoms with van der Waals surface area (Å²) in [6.07, 6.45) is 1.73. The number of aromatic nitrogens is 5. The summed E-state index contributed by atoms with van der Waals surface area (Å²) in [5.41, 5.74) is 4.68. The molecule has 0 unspecified atom stereocenters. The molecule has 0 fully saturated rings. The second-order valence-electron chi connectivity index (χ2n) is 9.50. The van der Waals surface area contributed by atoms with E-state index in [4.69, 9.17) is 4.98 Å². The zero-order valence-corrected chi connectivity index (χ0v) is 19.8. The monoisotopic (exact) mass is 430 g/mol. The van der Waals surface area contributed by atoms with Gasteiger partial charge >= 0.3 is 0 Å². The van der Waals surface area contributed by atoms with E-state index in [2.05, 4.69) is 50.1 Å². The molecule has 0 bridgehead atoms. The Labute approximate surface area is 188 Å². The summed E-state index contributed by atoms with van der Waals surface area (Å²) < 4.78 is 3.70. The minimum absolute atomic E-state index is 0.119. The maximum Gasteiger partial charge on any atom is 0.257 e. The standard InChI is InChI=1S/C25H30N6O/c1-15(2)30-23-20(14-26-30)19(13-21(27-23)18-11-9-8-10-16(18)3)24(32)28-22-12-17(4)29-31(22)25(5,6)7/h8-15H,1-7H3,(H,28,32). The normalized spacial score (nSPS) is 12.0. The molecule has 1 N–H and O–H groups in total. The molecule has 0 aliphatic heterocycles. The minimum atomic E-state index is -0.265. The number of fused-ring (bicyclic) bond motifs is 1. The maximum absolute atomic E-state index is 13.5. The molecule has 166 valence electrons. The molecule has 3 aromatic heterocycles. The lowest BCUT2D eigenvalue weighted by Crippen LogP contribution is -2.27. The van der Waals surface area contributed by atoms with Gasteiger partial charge in [0.25, 0.3) is 5.91 Å². The molecule has 0 aliphatic carbocycles. The minimum Gasteiger partial charge on any atom is -0.307 e. The van der Waals surface area contributed by atoms with Crippen LogP contribution in [0, 0.1) is 13.8 Å². The van der Waals surface area contributed by atoms with Crippen molar-refractivity contribution in [1.82, 2.24) is 24.5 Å². The van der Waals surface area contributed by atoms with Gasteiger partial charge in [-0.15, -0.1) is 0 Å². The largest absolute Gasteiger partial charge is 0.307 e. The number of carbonyl (C=O) groups excluding carboxylic acids is 1. The van der Waals surface area contributed by atoms with Crippen LogP contribution in [0.5, 0.6) is 0 Å². The number of rotatable bonds is 4. The molecule has 4 aromatic rings. The van der Waals surface area contributed by atoms with Crippen molar-refractivity contribution in [2.75, 3.05) is 5.32 Å². The van der Waals surface area contributed by atoms with Crippen molar-refractivity contribution in [2.24, 2.45) is 0 Å². The summed E-state index contributed by atoms with van der Waals surface area (Å²) >= 11 is 0. The lowest BCUT2D eigenvalue weighted by molar-refractivity contribution is 0.102. The van der Waals surface area contributed by atoms with E-state index in [0.717, 1.165) is 27.9 Å². The molecule has 7 heteroatoms. The fourth-order valence-electron chi connectivity index (χ4n) is 3.87. The Bertz CT molecular complexity index is 1310. The van der Waals surface area contributed by atoms with Crippen LogP contribution in [0.15, 0.2) is 42.6 Å². The van der Waals surface area contributed by atoms with Gasteiger partial charge in [0.05, 0.1) is 34.1 Å². The van der Waals surface area contributed by atoms with Crippen LogP contribution in [-0.4, -0.2) is 30.5 Å². The number of pyridine rings is 1. The molecule has 0 aliphatic rings. The van der Waals surface area contributed by atoms with E-state index >= 15 is 0 Å². The van der Waals surface area contributed by atoms with E-state index in [1.54, 1.807) is 6.20 Å². The van der Waals surface area contributed by atoms with E-state index in [0.29, 0.717) is 17.0 Å². The lowest BCUT2D eigenvalue weighted by Gasteiger charge is -2.22. The summed E-state index contributed by atoms with van der Waals surface area (Å²) in [4.78, 5) is 18.4. The number of nitrogens with one attached hydrogen (secondary N) is 1. The molecule has 1 amide bonds. The molecular weight excluding hydrogens is 400 g/mol. The van der Waals surface area contributed by atoms with Crippen molar-refractivity contribution < 1.29 is 4.79 Å². The van der Waals surface area contributed by atoms with Gasteiger partial charge in [0.2, 0.25) is 0 Å². The molecule has 0 radical (unpaired) electrons. The highest BCUT2D eigenvalue weighted by molar-refractivity contribution is 6.12. The van der Waals surface area contributed by atoms with Crippen LogP contribution in [0.25, 0.3) is 22.3 Å². The van der Waals surface area contributed by atoms with Gasteiger partial charge in [0.15, 0.2) is 5.65 Å². The number of benzene rings is 1. The van der Waals surface area contributed by atoms with E-state index in [9.17, 15) is 4.79 Å². The van der Waals surface area contributed by atoms with Crippen molar-refractivity contribution in [2.45, 2.75) is 60.0 Å². The van der Waals surface area contributed by atoms with Gasteiger partial charge in [-0.1, -0.05) is 24.3 Å². The van der Waals surface area contributed by atoms with Gasteiger partial charge in [-0.25, -0.2) is 14.3 Å². The Morgan fingerprint density at radius 3 is 2.47 bits per heavy atom. The zero-order valence-electron chi connectivity index (χ0n) is 19.8. The van der Waals surface area contributed by atoms with Crippen LogP contribution in [0.1, 0.15) is 62.3 Å². The average molecular weight is 431 g/mol. The molecule has 0 saturated heterocycles. The van der Waals surface area contributed by atoms with Crippen LogP contribution in [0.2, 0.25) is 0 Å². The van der Waals surface area contributed by atoms with Crippen LogP contribution in [-0.2, 0) is 5.54 Å². The van der Waals surface area contributed by atoms with E-state index < -0.39 is 0 Å². The van der Waals surface area contributed by atoms with Gasteiger partial charge in [-0.2, -0.15) is 10.2 Å². The first-order valence-electron chi connectivity index (χ1n) is 10.9. The zero-order chi connectivity index (χ0) is 23.2. The predicted octanol–water partition coefficient (Wildman–Crippen LogP) is 5.50. The highest BCUT2D eigenvalue weighted by atomic mass is 16.1. The third-order valence-corrected chi connectivity index (χ3v) is 5.43. The lowest BCUT2D eigenvalue weighted by atomic mass is 10.0. The SMILES string of the molecule is Cc1cc(NC(=O)c2cc(-c3ccccc3C)nc3c2cnn3C(C)C)n(C(C)(C)C)n1. The number of hydrogen-bond donors (Lipinski definition) is 1. The third-order valence-electron chi connectivity index (χ3n) is 5.43. The van der Waals surface area contributed by atoms with Crippen molar-refractivity contribution in [3.63, 3.8) is 0 Å². The van der Waals surface area contributed by atoms with E-state index in [-0.39, 0.29) is 17.5 Å². The molecule has 4 rings (SSSR count). The van der Waals surface area contributed by atoms with Crippen molar-refractivity contribution in [1.29, 1.82) is 0 Å². The molecule has 0 saturated carbocycles. The third kappa shape index (κ3) is 3.90. The summed E-state index contributed by atoms with van der Waals surface area (Å²) in [7, 11) is 0. The Morgan fingerprint density at radius 1 is 1.09 bits per heavy atom. The molecule has 1 aromatic carbocycles. The summed E-state index contributed by atoms with van der Waals surface area (Å²) in [6, 6.07) is 11.9. The first kappa shape index (κ1) is 21.7. The van der Waals surface area contributed by atoms with Crippen LogP contribution in [0.3, 0.4) is 0 Å². The first-order chi connectivity index (χ1) is 15.1. The van der Waals surface area contributed by atoms with Gasteiger partial charge < -0.3 is 5.32 Å². The van der Waals surface area contributed by atoms with Crippen LogP contribution in [0.4, 0.5) is 5.82 Å². The number of amides is 1. The van der Waals surface area contributed by atoms with Gasteiger partial charge in [-0.05, 0) is 60.1 Å². The molecule has 0 spiro atoms. The van der Waals surface area contributed by atoms with Gasteiger partial charge in [0.1, 0.15) is 5.82 Å². The summed E-state index contributed by atoms with van der Waals surface area (Å²) in [6.45, 7) is 14.3. The van der Waals surface area contributed by atoms with Crippen molar-refractivity contribution >= 4 is 22.8 Å². The number of nitrogens with zero attached hydrogens (tertiary/aromatic N) is 5. The average Bonchev–Trinajstić information content (AvgIpc) is 3.30. The molecule has 0 atom stereocenters. The highest BCUT2D eigenvalue weighted by Gasteiger charge is 2.23. The maximum atomic E-state index is 13.5. The van der Waals surface area contributed by atoms with Gasteiger partial charge in [0, 0.05) is 17.7 Å². The van der Waals surface area contributed by atoms with E-state index in [1.165, 1.54) is 0 Å². The Kier molecular flexibility index (Phi) is 5.36. The molecule has 32 heavy (non-hydrogen) atoms. The quantitative estimate of drug-likeness (QED) is 0.464. The second-order valence-corrected chi connectivity index (χ2v) is 9.50. The highest BCUT2D eigenvalue weighted by Crippen LogP contribution is 2.29. The van der Waals surface area contributed by atoms with Crippen molar-refractivity contribution in [3.8, 4) is 11.3 Å². The number of anilines is 1. The number of hydrogen-bond acceptors (Lipinski definition) is 4. The number of carbonyl (C=O) groups is 1. The predicted molar refractivity (Wildman–Crippen MR) is 128 cm³/mol. The van der Waals surface area contributed by atoms with Crippen LogP contribution >= 0.6 is 0 Å².